The molecule has 2 aliphatic heterocycles. The molecular weight excluding hydrogens is 362 g/mol. The van der Waals surface area contributed by atoms with Gasteiger partial charge in [0.1, 0.15) is 12.1 Å². The van der Waals surface area contributed by atoms with Crippen molar-refractivity contribution in [1.29, 1.82) is 0 Å². The Balaban J connectivity index is 1.54. The summed E-state index contributed by atoms with van der Waals surface area (Å²) in [6.45, 7) is 3.88. The molecule has 1 N–H and O–H groups in total. The molecule has 1 spiro atoms. The van der Waals surface area contributed by atoms with Gasteiger partial charge in [-0.2, -0.15) is 0 Å². The average Bonchev–Trinajstić information content (AvgIpc) is 2.93. The molecule has 0 radical (unpaired) electrons. The molecule has 28 heavy (non-hydrogen) atoms. The van der Waals surface area contributed by atoms with E-state index in [2.05, 4.69) is 5.32 Å². The Labute approximate surface area is 165 Å². The number of ether oxygens (including phenoxy) is 1. The zero-order valence-corrected chi connectivity index (χ0v) is 16.9. The molecule has 1 saturated carbocycles. The first kappa shape index (κ1) is 20.6. The Morgan fingerprint density at radius 1 is 1.18 bits per heavy atom. The Hall–Kier alpha value is -2.12. The third-order valence-electron chi connectivity index (χ3n) is 6.56. The maximum atomic E-state index is 12.9. The van der Waals surface area contributed by atoms with Gasteiger partial charge in [-0.05, 0) is 44.4 Å². The van der Waals surface area contributed by atoms with Crippen LogP contribution in [0.25, 0.3) is 0 Å². The van der Waals surface area contributed by atoms with Crippen LogP contribution in [0.1, 0.15) is 65.2 Å². The molecule has 0 aromatic carbocycles. The first-order valence-electron chi connectivity index (χ1n) is 10.5. The van der Waals surface area contributed by atoms with Gasteiger partial charge in [0.25, 0.3) is 11.8 Å². The summed E-state index contributed by atoms with van der Waals surface area (Å²) in [5.41, 5.74) is -0.895. The van der Waals surface area contributed by atoms with Crippen molar-refractivity contribution in [3.63, 3.8) is 0 Å². The van der Waals surface area contributed by atoms with Gasteiger partial charge in [0.15, 0.2) is 6.61 Å². The standard InChI is InChI=1S/C20H31N3O5/c1-3-15-9-5-7-11-22(15)16(24)13-28-17(25)12-23-18(26)20(21-19(23)27)10-6-4-8-14(20)2/h14-15H,3-13H2,1-2H3,(H,21,27)/t14-,15+,20+/m0/s1. The number of carbonyl (C=O) groups excluding carboxylic acids is 4. The molecule has 0 bridgehead atoms. The van der Waals surface area contributed by atoms with E-state index >= 15 is 0 Å². The molecule has 2 saturated heterocycles. The lowest BCUT2D eigenvalue weighted by Crippen LogP contribution is -2.54. The summed E-state index contributed by atoms with van der Waals surface area (Å²) in [6.07, 6.45) is 7.28. The zero-order valence-electron chi connectivity index (χ0n) is 16.9. The second-order valence-electron chi connectivity index (χ2n) is 8.25. The summed E-state index contributed by atoms with van der Waals surface area (Å²) in [7, 11) is 0. The van der Waals surface area contributed by atoms with Crippen LogP contribution in [0.3, 0.4) is 0 Å². The second kappa shape index (κ2) is 8.49. The van der Waals surface area contributed by atoms with Crippen molar-refractivity contribution in [2.24, 2.45) is 5.92 Å². The van der Waals surface area contributed by atoms with E-state index in [4.69, 9.17) is 4.74 Å². The van der Waals surface area contributed by atoms with E-state index in [1.165, 1.54) is 0 Å². The van der Waals surface area contributed by atoms with Gasteiger partial charge in [0.05, 0.1) is 0 Å². The molecule has 0 unspecified atom stereocenters. The van der Waals surface area contributed by atoms with E-state index in [1.807, 2.05) is 13.8 Å². The van der Waals surface area contributed by atoms with Crippen molar-refractivity contribution < 1.29 is 23.9 Å². The first-order chi connectivity index (χ1) is 13.4. The predicted octanol–water partition coefficient (Wildman–Crippen LogP) is 1.82. The van der Waals surface area contributed by atoms with Gasteiger partial charge in [0, 0.05) is 12.6 Å². The molecule has 8 heteroatoms. The molecule has 2 heterocycles. The Morgan fingerprint density at radius 3 is 2.64 bits per heavy atom. The first-order valence-corrected chi connectivity index (χ1v) is 10.5. The number of carbonyl (C=O) groups is 4. The number of hydrogen-bond donors (Lipinski definition) is 1. The fourth-order valence-corrected chi connectivity index (χ4v) is 4.79. The summed E-state index contributed by atoms with van der Waals surface area (Å²) in [5.74, 6) is -1.27. The van der Waals surface area contributed by atoms with Crippen LogP contribution >= 0.6 is 0 Å². The molecule has 3 atom stereocenters. The SMILES string of the molecule is CC[C@@H]1CCCCN1C(=O)COC(=O)CN1C(=O)N[C@@]2(CCCC[C@@H]2C)C1=O. The summed E-state index contributed by atoms with van der Waals surface area (Å²) < 4.78 is 5.11. The van der Waals surface area contributed by atoms with Crippen LogP contribution in [0.15, 0.2) is 0 Å². The highest BCUT2D eigenvalue weighted by Crippen LogP contribution is 2.38. The quantitative estimate of drug-likeness (QED) is 0.568. The third kappa shape index (κ3) is 3.86. The van der Waals surface area contributed by atoms with Gasteiger partial charge in [-0.15, -0.1) is 0 Å². The summed E-state index contributed by atoms with van der Waals surface area (Å²) in [6, 6.07) is -0.359. The van der Waals surface area contributed by atoms with Crippen LogP contribution in [0, 0.1) is 5.92 Å². The lowest BCUT2D eigenvalue weighted by molar-refractivity contribution is -0.155. The molecular formula is C20H31N3O5. The van der Waals surface area contributed by atoms with Gasteiger partial charge >= 0.3 is 12.0 Å². The highest BCUT2D eigenvalue weighted by Gasteiger charge is 2.55. The van der Waals surface area contributed by atoms with E-state index in [0.717, 1.165) is 49.8 Å². The number of nitrogens with zero attached hydrogens (tertiary/aromatic N) is 2. The molecule has 3 fully saturated rings. The van der Waals surface area contributed by atoms with E-state index < -0.39 is 24.1 Å². The normalized spacial score (nSPS) is 30.5. The minimum absolute atomic E-state index is 0.0328. The van der Waals surface area contributed by atoms with Gasteiger partial charge < -0.3 is 15.0 Å². The van der Waals surface area contributed by atoms with Crippen molar-refractivity contribution in [3.05, 3.63) is 0 Å². The fourth-order valence-electron chi connectivity index (χ4n) is 4.79. The molecule has 1 aliphatic carbocycles. The zero-order chi connectivity index (χ0) is 20.3. The number of urea groups is 1. The van der Waals surface area contributed by atoms with Crippen molar-refractivity contribution in [3.8, 4) is 0 Å². The van der Waals surface area contributed by atoms with Gasteiger partial charge in [-0.3, -0.25) is 19.3 Å². The highest BCUT2D eigenvalue weighted by atomic mass is 16.5. The monoisotopic (exact) mass is 393 g/mol. The Morgan fingerprint density at radius 2 is 1.93 bits per heavy atom. The number of imide groups is 1. The molecule has 0 aromatic rings. The largest absolute Gasteiger partial charge is 0.454 e. The predicted molar refractivity (Wildman–Crippen MR) is 101 cm³/mol. The number of amides is 4. The van der Waals surface area contributed by atoms with Gasteiger partial charge in [-0.25, -0.2) is 4.79 Å². The lowest BCUT2D eigenvalue weighted by atomic mass is 9.73. The number of esters is 1. The molecule has 156 valence electrons. The summed E-state index contributed by atoms with van der Waals surface area (Å²) in [4.78, 5) is 52.5. The minimum Gasteiger partial charge on any atom is -0.454 e. The number of piperidine rings is 1. The number of nitrogens with one attached hydrogen (secondary N) is 1. The van der Waals surface area contributed by atoms with Crippen molar-refractivity contribution in [2.75, 3.05) is 19.7 Å². The van der Waals surface area contributed by atoms with E-state index in [9.17, 15) is 19.2 Å². The summed E-state index contributed by atoms with van der Waals surface area (Å²) in [5, 5.41) is 2.81. The maximum Gasteiger partial charge on any atom is 0.326 e. The van der Waals surface area contributed by atoms with Crippen LogP contribution < -0.4 is 5.32 Å². The number of hydrogen-bond acceptors (Lipinski definition) is 5. The van der Waals surface area contributed by atoms with Crippen LogP contribution in [0.4, 0.5) is 4.79 Å². The Bertz CT molecular complexity index is 652. The topological polar surface area (TPSA) is 96.0 Å². The van der Waals surface area contributed by atoms with Crippen molar-refractivity contribution in [2.45, 2.75) is 76.8 Å². The van der Waals surface area contributed by atoms with Crippen LogP contribution in [-0.2, 0) is 19.1 Å². The molecule has 4 amide bonds. The fraction of sp³-hybridized carbons (Fsp3) is 0.800. The van der Waals surface area contributed by atoms with E-state index in [0.29, 0.717) is 13.0 Å². The smallest absolute Gasteiger partial charge is 0.326 e. The van der Waals surface area contributed by atoms with Crippen LogP contribution in [-0.4, -0.2) is 64.9 Å². The van der Waals surface area contributed by atoms with Crippen LogP contribution in [0.2, 0.25) is 0 Å². The maximum absolute atomic E-state index is 12.9. The minimum atomic E-state index is -0.895. The van der Waals surface area contributed by atoms with Crippen LogP contribution in [0.5, 0.6) is 0 Å². The molecule has 0 aromatic heterocycles. The van der Waals surface area contributed by atoms with Gasteiger partial charge in [-0.1, -0.05) is 26.7 Å². The number of likely N-dealkylation sites (tertiary alicyclic amines) is 1. The number of rotatable bonds is 5. The molecule has 8 nitrogen and oxygen atoms in total. The van der Waals surface area contributed by atoms with E-state index in [-0.39, 0.29) is 30.4 Å². The van der Waals surface area contributed by atoms with Crippen molar-refractivity contribution in [1.82, 2.24) is 15.1 Å². The average molecular weight is 393 g/mol. The highest BCUT2D eigenvalue weighted by molar-refractivity contribution is 6.09. The van der Waals surface area contributed by atoms with E-state index in [1.54, 1.807) is 4.90 Å². The van der Waals surface area contributed by atoms with Gasteiger partial charge in [0.2, 0.25) is 0 Å². The van der Waals surface area contributed by atoms with Crippen molar-refractivity contribution >= 4 is 23.8 Å². The Kier molecular flexibility index (Phi) is 6.25. The molecule has 3 aliphatic rings. The second-order valence-corrected chi connectivity index (χ2v) is 8.25. The third-order valence-corrected chi connectivity index (χ3v) is 6.56. The molecule has 3 rings (SSSR count). The lowest BCUT2D eigenvalue weighted by Gasteiger charge is -2.36. The summed E-state index contributed by atoms with van der Waals surface area (Å²) >= 11 is 0.